The molecule has 0 saturated carbocycles. The molecule has 2 N–H and O–H groups in total. The average molecular weight is 434 g/mol. The molecule has 0 aromatic heterocycles. The zero-order valence-electron chi connectivity index (χ0n) is 19.2. The van der Waals surface area contributed by atoms with Crippen molar-refractivity contribution in [2.75, 3.05) is 5.32 Å². The van der Waals surface area contributed by atoms with Crippen LogP contribution in [-0.4, -0.2) is 11.1 Å². The molecule has 0 spiro atoms. The van der Waals surface area contributed by atoms with Gasteiger partial charge in [-0.25, -0.2) is 0 Å². The first-order valence-electron chi connectivity index (χ1n) is 11.3. The number of hydrogen-bond donors (Lipinski definition) is 2. The molecule has 0 amide bonds. The number of rotatable bonds is 4. The molecule has 3 heteroatoms. The standard InChI is InChI=1S/C30H27NO2/c1-18-9-11-22(12-10-18)28-20(3)29-26-15-23(21-7-5-4-6-8-21)13-14-24(26)17-31-30(29)19(2)25(28)16-27(32)33/h4-15,31H,16-17H2,1-3H3,(H,32,33). The Bertz CT molecular complexity index is 1370. The van der Waals surface area contributed by atoms with Crippen LogP contribution < -0.4 is 5.32 Å². The Balaban J connectivity index is 1.79. The van der Waals surface area contributed by atoms with E-state index in [2.05, 4.69) is 85.9 Å². The summed E-state index contributed by atoms with van der Waals surface area (Å²) in [6, 6.07) is 25.5. The van der Waals surface area contributed by atoms with Crippen LogP contribution in [0.25, 0.3) is 33.4 Å². The molecule has 3 nitrogen and oxygen atoms in total. The van der Waals surface area contributed by atoms with Gasteiger partial charge in [0.1, 0.15) is 0 Å². The number of anilines is 1. The highest BCUT2D eigenvalue weighted by Gasteiger charge is 2.26. The van der Waals surface area contributed by atoms with Gasteiger partial charge in [0.15, 0.2) is 0 Å². The summed E-state index contributed by atoms with van der Waals surface area (Å²) in [5.74, 6) is -0.812. The average Bonchev–Trinajstić information content (AvgIpc) is 2.82. The Morgan fingerprint density at radius 2 is 1.52 bits per heavy atom. The van der Waals surface area contributed by atoms with Gasteiger partial charge in [-0.1, -0.05) is 72.3 Å². The highest BCUT2D eigenvalue weighted by atomic mass is 16.4. The van der Waals surface area contributed by atoms with Crippen molar-refractivity contribution >= 4 is 11.7 Å². The maximum Gasteiger partial charge on any atom is 0.307 e. The van der Waals surface area contributed by atoms with E-state index in [1.54, 1.807) is 0 Å². The molecule has 164 valence electrons. The normalized spacial score (nSPS) is 12.0. The SMILES string of the molecule is Cc1ccc(-c2c(C)c3c(c(C)c2CC(=O)O)NCc2ccc(-c4ccccc4)cc2-3)cc1. The summed E-state index contributed by atoms with van der Waals surface area (Å²) >= 11 is 0. The highest BCUT2D eigenvalue weighted by Crippen LogP contribution is 2.47. The molecule has 0 unspecified atom stereocenters. The molecule has 0 radical (unpaired) electrons. The smallest absolute Gasteiger partial charge is 0.307 e. The molecule has 0 fully saturated rings. The van der Waals surface area contributed by atoms with Crippen LogP contribution in [0.3, 0.4) is 0 Å². The Kier molecular flexibility index (Phi) is 5.26. The topological polar surface area (TPSA) is 49.3 Å². The predicted molar refractivity (Wildman–Crippen MR) is 136 cm³/mol. The molecule has 0 saturated heterocycles. The van der Waals surface area contributed by atoms with Gasteiger partial charge in [0, 0.05) is 17.8 Å². The van der Waals surface area contributed by atoms with E-state index in [0.29, 0.717) is 0 Å². The van der Waals surface area contributed by atoms with Crippen molar-refractivity contribution in [3.63, 3.8) is 0 Å². The fraction of sp³-hybridized carbons (Fsp3) is 0.167. The van der Waals surface area contributed by atoms with Crippen LogP contribution in [0.2, 0.25) is 0 Å². The van der Waals surface area contributed by atoms with Crippen molar-refractivity contribution in [1.29, 1.82) is 0 Å². The first-order valence-corrected chi connectivity index (χ1v) is 11.3. The van der Waals surface area contributed by atoms with Gasteiger partial charge in [-0.2, -0.15) is 0 Å². The third kappa shape index (κ3) is 3.70. The quantitative estimate of drug-likeness (QED) is 0.359. The molecular weight excluding hydrogens is 406 g/mol. The number of nitrogens with one attached hydrogen (secondary N) is 1. The summed E-state index contributed by atoms with van der Waals surface area (Å²) in [6.07, 6.45) is 0.00174. The molecule has 4 aromatic carbocycles. The Labute approximate surface area is 194 Å². The van der Waals surface area contributed by atoms with Crippen molar-refractivity contribution in [3.8, 4) is 33.4 Å². The summed E-state index contributed by atoms with van der Waals surface area (Å²) in [7, 11) is 0. The number of carboxylic acids is 1. The van der Waals surface area contributed by atoms with Crippen molar-refractivity contribution in [1.82, 2.24) is 0 Å². The second kappa shape index (κ2) is 8.25. The minimum atomic E-state index is -0.812. The lowest BCUT2D eigenvalue weighted by atomic mass is 9.80. The van der Waals surface area contributed by atoms with E-state index >= 15 is 0 Å². The van der Waals surface area contributed by atoms with E-state index in [4.69, 9.17) is 0 Å². The van der Waals surface area contributed by atoms with Gasteiger partial charge >= 0.3 is 5.97 Å². The molecule has 33 heavy (non-hydrogen) atoms. The van der Waals surface area contributed by atoms with Crippen molar-refractivity contribution in [2.45, 2.75) is 33.7 Å². The molecule has 0 bridgehead atoms. The summed E-state index contributed by atoms with van der Waals surface area (Å²) in [6.45, 7) is 6.98. The van der Waals surface area contributed by atoms with E-state index in [9.17, 15) is 9.90 Å². The summed E-state index contributed by atoms with van der Waals surface area (Å²) in [5, 5.41) is 13.3. The van der Waals surface area contributed by atoms with Gasteiger partial charge in [0.05, 0.1) is 6.42 Å². The monoisotopic (exact) mass is 433 g/mol. The lowest BCUT2D eigenvalue weighted by Gasteiger charge is -2.30. The summed E-state index contributed by atoms with van der Waals surface area (Å²) in [5.41, 5.74) is 13.4. The highest BCUT2D eigenvalue weighted by molar-refractivity contribution is 5.96. The fourth-order valence-corrected chi connectivity index (χ4v) is 5.06. The molecule has 5 rings (SSSR count). The minimum absolute atomic E-state index is 0.00174. The Hall–Kier alpha value is -3.85. The fourth-order valence-electron chi connectivity index (χ4n) is 5.06. The van der Waals surface area contributed by atoms with Crippen LogP contribution in [0.4, 0.5) is 5.69 Å². The number of benzene rings is 4. The van der Waals surface area contributed by atoms with Crippen LogP contribution in [0, 0.1) is 20.8 Å². The van der Waals surface area contributed by atoms with Gasteiger partial charge in [-0.3, -0.25) is 4.79 Å². The third-order valence-electron chi connectivity index (χ3n) is 6.74. The molecule has 1 aliphatic rings. The van der Waals surface area contributed by atoms with Crippen LogP contribution in [-0.2, 0) is 17.8 Å². The van der Waals surface area contributed by atoms with Crippen molar-refractivity contribution in [3.05, 3.63) is 101 Å². The Morgan fingerprint density at radius 3 is 2.21 bits per heavy atom. The van der Waals surface area contributed by atoms with E-state index in [0.717, 1.165) is 40.0 Å². The van der Waals surface area contributed by atoms with Crippen molar-refractivity contribution < 1.29 is 9.90 Å². The minimum Gasteiger partial charge on any atom is -0.481 e. The molecule has 0 aliphatic carbocycles. The van der Waals surface area contributed by atoms with Crippen LogP contribution in [0.5, 0.6) is 0 Å². The maximum absolute atomic E-state index is 11.8. The van der Waals surface area contributed by atoms with E-state index in [1.807, 2.05) is 13.0 Å². The third-order valence-corrected chi connectivity index (χ3v) is 6.74. The van der Waals surface area contributed by atoms with Crippen LogP contribution in [0.1, 0.15) is 27.8 Å². The van der Waals surface area contributed by atoms with Gasteiger partial charge in [-0.15, -0.1) is 0 Å². The number of carbonyl (C=O) groups is 1. The van der Waals surface area contributed by atoms with Crippen molar-refractivity contribution in [2.24, 2.45) is 0 Å². The lowest BCUT2D eigenvalue weighted by Crippen LogP contribution is -2.15. The second-order valence-corrected chi connectivity index (χ2v) is 8.88. The first-order chi connectivity index (χ1) is 15.9. The van der Waals surface area contributed by atoms with E-state index < -0.39 is 5.97 Å². The zero-order valence-corrected chi connectivity index (χ0v) is 19.2. The van der Waals surface area contributed by atoms with E-state index in [1.165, 1.54) is 33.4 Å². The largest absolute Gasteiger partial charge is 0.481 e. The molecule has 1 aliphatic heterocycles. The maximum atomic E-state index is 11.8. The number of hydrogen-bond acceptors (Lipinski definition) is 2. The summed E-state index contributed by atoms with van der Waals surface area (Å²) < 4.78 is 0. The van der Waals surface area contributed by atoms with Gasteiger partial charge in [0.25, 0.3) is 0 Å². The number of aliphatic carboxylic acids is 1. The number of aryl methyl sites for hydroxylation is 1. The molecular formula is C30H27NO2. The van der Waals surface area contributed by atoms with Gasteiger partial charge in [0.2, 0.25) is 0 Å². The molecule has 0 atom stereocenters. The molecule has 1 heterocycles. The number of fused-ring (bicyclic) bond motifs is 3. The van der Waals surface area contributed by atoms with Crippen LogP contribution >= 0.6 is 0 Å². The van der Waals surface area contributed by atoms with E-state index in [-0.39, 0.29) is 6.42 Å². The second-order valence-electron chi connectivity index (χ2n) is 8.88. The lowest BCUT2D eigenvalue weighted by molar-refractivity contribution is -0.136. The molecule has 4 aromatic rings. The van der Waals surface area contributed by atoms with Crippen LogP contribution in [0.15, 0.2) is 72.8 Å². The first kappa shape index (κ1) is 21.0. The zero-order chi connectivity index (χ0) is 23.1. The predicted octanol–water partition coefficient (Wildman–Crippen LogP) is 7.17. The van der Waals surface area contributed by atoms with Gasteiger partial charge < -0.3 is 10.4 Å². The summed E-state index contributed by atoms with van der Waals surface area (Å²) in [4.78, 5) is 11.8. The van der Waals surface area contributed by atoms with Gasteiger partial charge in [-0.05, 0) is 76.9 Å². The number of carboxylic acid groups (broad SMARTS) is 1. The Morgan fingerprint density at radius 1 is 0.818 bits per heavy atom.